The van der Waals surface area contributed by atoms with Crippen molar-refractivity contribution in [2.45, 2.75) is 11.3 Å². The number of rotatable bonds is 6. The predicted molar refractivity (Wildman–Crippen MR) is 71.1 cm³/mol. The number of sulfonamides is 1. The van der Waals surface area contributed by atoms with E-state index in [4.69, 9.17) is 0 Å². The van der Waals surface area contributed by atoms with Crippen LogP contribution in [0.3, 0.4) is 0 Å². The zero-order valence-electron chi connectivity index (χ0n) is 9.88. The van der Waals surface area contributed by atoms with Crippen molar-refractivity contribution in [1.29, 1.82) is 0 Å². The van der Waals surface area contributed by atoms with Gasteiger partial charge in [-0.2, -0.15) is 8.75 Å². The highest BCUT2D eigenvalue weighted by Gasteiger charge is 2.18. The molecular weight excluding hydrogens is 272 g/mol. The van der Waals surface area contributed by atoms with Crippen LogP contribution in [0.5, 0.6) is 0 Å². The Morgan fingerprint density at radius 2 is 2.11 bits per heavy atom. The molecule has 0 aliphatic heterocycles. The molecule has 1 heterocycles. The number of hydrogen-bond acceptors (Lipinski definition) is 6. The van der Waals surface area contributed by atoms with Gasteiger partial charge in [0.15, 0.2) is 0 Å². The maximum absolute atomic E-state index is 12.1. The van der Waals surface area contributed by atoms with Crippen molar-refractivity contribution in [2.24, 2.45) is 0 Å². The Bertz CT molecular complexity index is 624. The average Bonchev–Trinajstić information content (AvgIpc) is 2.82. The monoisotopic (exact) mass is 286 g/mol. The fourth-order valence-electron chi connectivity index (χ4n) is 1.55. The summed E-state index contributed by atoms with van der Waals surface area (Å²) in [6.07, 6.45) is 0.737. The summed E-state index contributed by atoms with van der Waals surface area (Å²) in [7, 11) is -1.68. The summed E-state index contributed by atoms with van der Waals surface area (Å²) in [5, 5.41) is 2.96. The number of nitrogens with zero attached hydrogens (tertiary/aromatic N) is 2. The van der Waals surface area contributed by atoms with Crippen LogP contribution in [0, 0.1) is 0 Å². The van der Waals surface area contributed by atoms with Crippen LogP contribution >= 0.6 is 11.7 Å². The van der Waals surface area contributed by atoms with Gasteiger partial charge in [0.2, 0.25) is 10.0 Å². The summed E-state index contributed by atoms with van der Waals surface area (Å²) < 4.78 is 34.8. The van der Waals surface area contributed by atoms with E-state index in [9.17, 15) is 8.42 Å². The quantitative estimate of drug-likeness (QED) is 0.759. The molecule has 0 bridgehead atoms. The Balaban J connectivity index is 2.21. The first kappa shape index (κ1) is 13.3. The van der Waals surface area contributed by atoms with Gasteiger partial charge in [0, 0.05) is 6.54 Å². The van der Waals surface area contributed by atoms with E-state index < -0.39 is 10.0 Å². The van der Waals surface area contributed by atoms with E-state index in [-0.39, 0.29) is 4.90 Å². The highest BCUT2D eigenvalue weighted by atomic mass is 32.2. The normalized spacial score (nSPS) is 12.1. The fourth-order valence-corrected chi connectivity index (χ4v) is 3.39. The molecule has 0 atom stereocenters. The fraction of sp³-hybridized carbons (Fsp3) is 0.400. The van der Waals surface area contributed by atoms with Crippen LogP contribution in [-0.4, -0.2) is 37.3 Å². The number of fused-ring (bicyclic) bond motifs is 1. The van der Waals surface area contributed by atoms with Crippen LogP contribution in [-0.2, 0) is 10.0 Å². The smallest absolute Gasteiger partial charge is 0.242 e. The Morgan fingerprint density at radius 1 is 1.28 bits per heavy atom. The molecule has 1 aromatic carbocycles. The van der Waals surface area contributed by atoms with E-state index in [0.29, 0.717) is 17.6 Å². The molecule has 1 aromatic heterocycles. The molecule has 0 fully saturated rings. The van der Waals surface area contributed by atoms with Gasteiger partial charge in [-0.05, 0) is 32.1 Å². The molecule has 0 aliphatic rings. The minimum absolute atomic E-state index is 0.193. The summed E-state index contributed by atoms with van der Waals surface area (Å²) in [4.78, 5) is 0.193. The van der Waals surface area contributed by atoms with E-state index in [2.05, 4.69) is 18.8 Å². The third kappa shape index (κ3) is 2.83. The minimum Gasteiger partial charge on any atom is -0.320 e. The summed E-state index contributed by atoms with van der Waals surface area (Å²) in [6.45, 7) is 1.17. The van der Waals surface area contributed by atoms with E-state index in [0.717, 1.165) is 24.7 Å². The first-order valence-corrected chi connectivity index (χ1v) is 7.72. The SMILES string of the molecule is CNCCCNS(=O)(=O)c1cccc2nsnc12. The summed E-state index contributed by atoms with van der Waals surface area (Å²) in [5.74, 6) is 0. The Kier molecular flexibility index (Phi) is 4.23. The second-order valence-electron chi connectivity index (χ2n) is 3.74. The predicted octanol–water partition coefficient (Wildman–Crippen LogP) is 0.579. The first-order valence-electron chi connectivity index (χ1n) is 5.51. The molecule has 0 spiro atoms. The van der Waals surface area contributed by atoms with E-state index >= 15 is 0 Å². The molecule has 2 rings (SSSR count). The maximum atomic E-state index is 12.1. The van der Waals surface area contributed by atoms with Crippen LogP contribution in [0.15, 0.2) is 23.1 Å². The molecular formula is C10H14N4O2S2. The van der Waals surface area contributed by atoms with Crippen molar-refractivity contribution in [2.75, 3.05) is 20.1 Å². The third-order valence-corrected chi connectivity index (χ3v) is 4.47. The molecule has 8 heteroatoms. The molecule has 0 radical (unpaired) electrons. The molecule has 2 aromatic rings. The van der Waals surface area contributed by atoms with Crippen molar-refractivity contribution in [3.8, 4) is 0 Å². The number of benzene rings is 1. The van der Waals surface area contributed by atoms with Crippen LogP contribution in [0.2, 0.25) is 0 Å². The molecule has 98 valence electrons. The maximum Gasteiger partial charge on any atom is 0.242 e. The largest absolute Gasteiger partial charge is 0.320 e. The second-order valence-corrected chi connectivity index (χ2v) is 6.01. The molecule has 0 saturated heterocycles. The van der Waals surface area contributed by atoms with Crippen molar-refractivity contribution < 1.29 is 8.42 Å². The standard InChI is InChI=1S/C10H14N4O2S2/c1-11-6-3-7-12-18(15,16)9-5-2-4-8-10(9)14-17-13-8/h2,4-5,11-12H,3,6-7H2,1H3. The molecule has 0 amide bonds. The summed E-state index contributed by atoms with van der Waals surface area (Å²) in [6, 6.07) is 4.97. The first-order chi connectivity index (χ1) is 8.65. The van der Waals surface area contributed by atoms with Crippen LogP contribution in [0.25, 0.3) is 11.0 Å². The lowest BCUT2D eigenvalue weighted by atomic mass is 10.3. The number of nitrogens with one attached hydrogen (secondary N) is 2. The van der Waals surface area contributed by atoms with Crippen LogP contribution in [0.1, 0.15) is 6.42 Å². The Hall–Kier alpha value is -1.09. The molecule has 0 aliphatic carbocycles. The molecule has 2 N–H and O–H groups in total. The second kappa shape index (κ2) is 5.70. The zero-order valence-corrected chi connectivity index (χ0v) is 11.5. The van der Waals surface area contributed by atoms with Gasteiger partial charge in [-0.15, -0.1) is 0 Å². The topological polar surface area (TPSA) is 84.0 Å². The highest BCUT2D eigenvalue weighted by molar-refractivity contribution is 7.89. The van der Waals surface area contributed by atoms with Crippen molar-refractivity contribution in [1.82, 2.24) is 18.8 Å². The number of hydrogen-bond donors (Lipinski definition) is 2. The summed E-state index contributed by atoms with van der Waals surface area (Å²) in [5.41, 5.74) is 1.04. The van der Waals surface area contributed by atoms with Crippen LogP contribution < -0.4 is 10.0 Å². The minimum atomic E-state index is -3.51. The molecule has 18 heavy (non-hydrogen) atoms. The van der Waals surface area contributed by atoms with Crippen molar-refractivity contribution in [3.05, 3.63) is 18.2 Å². The van der Waals surface area contributed by atoms with Gasteiger partial charge in [0.25, 0.3) is 0 Å². The lowest BCUT2D eigenvalue weighted by Crippen LogP contribution is -2.27. The Labute approximate surface area is 110 Å². The lowest BCUT2D eigenvalue weighted by molar-refractivity contribution is 0.578. The summed E-state index contributed by atoms with van der Waals surface area (Å²) >= 11 is 1.01. The van der Waals surface area contributed by atoms with Crippen molar-refractivity contribution >= 4 is 32.8 Å². The van der Waals surface area contributed by atoms with Gasteiger partial charge in [0.1, 0.15) is 15.9 Å². The zero-order chi connectivity index (χ0) is 13.0. The van der Waals surface area contributed by atoms with Crippen LogP contribution in [0.4, 0.5) is 0 Å². The highest BCUT2D eigenvalue weighted by Crippen LogP contribution is 2.20. The van der Waals surface area contributed by atoms with Gasteiger partial charge in [-0.25, -0.2) is 13.1 Å². The van der Waals surface area contributed by atoms with Gasteiger partial charge in [0.05, 0.1) is 11.7 Å². The van der Waals surface area contributed by atoms with Gasteiger partial charge in [-0.1, -0.05) is 6.07 Å². The third-order valence-electron chi connectivity index (χ3n) is 2.43. The molecule has 6 nitrogen and oxygen atoms in total. The van der Waals surface area contributed by atoms with Gasteiger partial charge >= 0.3 is 0 Å². The molecule has 0 unspecified atom stereocenters. The van der Waals surface area contributed by atoms with Gasteiger partial charge < -0.3 is 5.32 Å². The van der Waals surface area contributed by atoms with Gasteiger partial charge in [-0.3, -0.25) is 0 Å². The van der Waals surface area contributed by atoms with E-state index in [1.807, 2.05) is 7.05 Å². The van der Waals surface area contributed by atoms with E-state index in [1.165, 1.54) is 0 Å². The average molecular weight is 286 g/mol. The lowest BCUT2D eigenvalue weighted by Gasteiger charge is -2.06. The van der Waals surface area contributed by atoms with Crippen molar-refractivity contribution in [3.63, 3.8) is 0 Å². The van der Waals surface area contributed by atoms with E-state index in [1.54, 1.807) is 18.2 Å². The Morgan fingerprint density at radius 3 is 2.89 bits per heavy atom. The number of aromatic nitrogens is 2. The molecule has 0 saturated carbocycles.